The van der Waals surface area contributed by atoms with Crippen molar-refractivity contribution >= 4 is 39.7 Å². The van der Waals surface area contributed by atoms with Gasteiger partial charge in [-0.1, -0.05) is 15.9 Å². The molecule has 0 saturated heterocycles. The molecule has 17 heavy (non-hydrogen) atoms. The van der Waals surface area contributed by atoms with E-state index in [-0.39, 0.29) is 18.3 Å². The number of carbonyl (C=O) groups is 2. The Morgan fingerprint density at radius 3 is 2.59 bits per heavy atom. The first-order chi connectivity index (χ1) is 8.11. The highest BCUT2D eigenvalue weighted by Gasteiger charge is 2.08. The van der Waals surface area contributed by atoms with Crippen molar-refractivity contribution in [3.63, 3.8) is 0 Å². The maximum atomic E-state index is 11.3. The summed E-state index contributed by atoms with van der Waals surface area (Å²) in [6.45, 7) is 1.93. The number of imide groups is 1. The van der Waals surface area contributed by atoms with E-state index in [0.29, 0.717) is 0 Å². The number of rotatable bonds is 4. The van der Waals surface area contributed by atoms with Gasteiger partial charge in [0.1, 0.15) is 0 Å². The van der Waals surface area contributed by atoms with Crippen LogP contribution in [0.5, 0.6) is 0 Å². The third kappa shape index (κ3) is 5.74. The molecule has 0 aliphatic heterocycles. The summed E-state index contributed by atoms with van der Waals surface area (Å²) < 4.78 is 5.58. The molecule has 0 aliphatic carbocycles. The van der Waals surface area contributed by atoms with Crippen molar-refractivity contribution in [3.8, 4) is 0 Å². The van der Waals surface area contributed by atoms with Gasteiger partial charge in [-0.15, -0.1) is 11.8 Å². The van der Waals surface area contributed by atoms with Gasteiger partial charge in [-0.25, -0.2) is 4.79 Å². The van der Waals surface area contributed by atoms with Gasteiger partial charge in [-0.3, -0.25) is 10.1 Å². The van der Waals surface area contributed by atoms with E-state index in [9.17, 15) is 9.59 Å². The van der Waals surface area contributed by atoms with Gasteiger partial charge in [-0.2, -0.15) is 0 Å². The standard InChI is InChI=1S/C11H12BrNO3S/c1-2-16-11(15)13-10(14)7-17-9-5-3-8(12)4-6-9/h3-6H,2,7H2,1H3,(H,13,14,15). The van der Waals surface area contributed by atoms with E-state index in [2.05, 4.69) is 26.0 Å². The Morgan fingerprint density at radius 2 is 2.00 bits per heavy atom. The SMILES string of the molecule is CCOC(=O)NC(=O)CSc1ccc(Br)cc1. The molecule has 0 unspecified atom stereocenters. The molecule has 0 spiro atoms. The number of hydrogen-bond acceptors (Lipinski definition) is 4. The second-order valence-corrected chi connectivity index (χ2v) is 4.98. The zero-order chi connectivity index (χ0) is 12.7. The quantitative estimate of drug-likeness (QED) is 0.868. The van der Waals surface area contributed by atoms with Crippen LogP contribution in [0.25, 0.3) is 0 Å². The predicted octanol–water partition coefficient (Wildman–Crippen LogP) is 2.81. The van der Waals surface area contributed by atoms with Crippen LogP contribution in [0.3, 0.4) is 0 Å². The Kier molecular flexibility index (Phi) is 6.07. The van der Waals surface area contributed by atoms with Gasteiger partial charge in [0.25, 0.3) is 0 Å². The summed E-state index contributed by atoms with van der Waals surface area (Å²) in [6, 6.07) is 7.58. The summed E-state index contributed by atoms with van der Waals surface area (Å²) in [4.78, 5) is 23.2. The molecular weight excluding hydrogens is 306 g/mol. The maximum Gasteiger partial charge on any atom is 0.413 e. The molecule has 2 amide bonds. The number of benzene rings is 1. The van der Waals surface area contributed by atoms with E-state index in [4.69, 9.17) is 0 Å². The zero-order valence-corrected chi connectivity index (χ0v) is 11.6. The Hall–Kier alpha value is -1.01. The van der Waals surface area contributed by atoms with Gasteiger partial charge in [-0.05, 0) is 31.2 Å². The van der Waals surface area contributed by atoms with Crippen LogP contribution < -0.4 is 5.32 Å². The average Bonchev–Trinajstić information content (AvgIpc) is 2.28. The summed E-state index contributed by atoms with van der Waals surface area (Å²) in [5.41, 5.74) is 0. The van der Waals surface area contributed by atoms with Gasteiger partial charge < -0.3 is 4.74 Å². The van der Waals surface area contributed by atoms with Gasteiger partial charge in [0, 0.05) is 9.37 Å². The van der Waals surface area contributed by atoms with E-state index in [1.54, 1.807) is 6.92 Å². The summed E-state index contributed by atoms with van der Waals surface area (Å²) in [5, 5.41) is 2.13. The molecule has 0 fully saturated rings. The molecule has 0 atom stereocenters. The minimum atomic E-state index is -0.700. The third-order valence-corrected chi connectivity index (χ3v) is 3.24. The first-order valence-electron chi connectivity index (χ1n) is 4.96. The fourth-order valence-electron chi connectivity index (χ4n) is 0.997. The second-order valence-electron chi connectivity index (χ2n) is 3.01. The van der Waals surface area contributed by atoms with Crippen molar-refractivity contribution in [2.45, 2.75) is 11.8 Å². The minimum absolute atomic E-state index is 0.181. The summed E-state index contributed by atoms with van der Waals surface area (Å²) in [7, 11) is 0. The lowest BCUT2D eigenvalue weighted by molar-refractivity contribution is -0.117. The van der Waals surface area contributed by atoms with Crippen molar-refractivity contribution in [2.24, 2.45) is 0 Å². The van der Waals surface area contributed by atoms with Gasteiger partial charge in [0.15, 0.2) is 0 Å². The molecule has 0 aromatic heterocycles. The highest BCUT2D eigenvalue weighted by molar-refractivity contribution is 9.10. The smallest absolute Gasteiger partial charge is 0.413 e. The van der Waals surface area contributed by atoms with Crippen molar-refractivity contribution < 1.29 is 14.3 Å². The number of ether oxygens (including phenoxy) is 1. The van der Waals surface area contributed by atoms with Crippen molar-refractivity contribution in [2.75, 3.05) is 12.4 Å². The number of amides is 2. The first kappa shape index (κ1) is 14.1. The first-order valence-corrected chi connectivity index (χ1v) is 6.74. The van der Waals surface area contributed by atoms with Crippen LogP contribution >= 0.6 is 27.7 Å². The van der Waals surface area contributed by atoms with Crippen LogP contribution in [0.15, 0.2) is 33.6 Å². The second kappa shape index (κ2) is 7.34. The van der Waals surface area contributed by atoms with Gasteiger partial charge in [0.2, 0.25) is 5.91 Å². The molecule has 4 nitrogen and oxygen atoms in total. The highest BCUT2D eigenvalue weighted by atomic mass is 79.9. The number of thioether (sulfide) groups is 1. The summed E-state index contributed by atoms with van der Waals surface area (Å²) in [5.74, 6) is -0.183. The van der Waals surface area contributed by atoms with Crippen LogP contribution in [0.4, 0.5) is 4.79 Å². The van der Waals surface area contributed by atoms with Gasteiger partial charge in [0.05, 0.1) is 12.4 Å². The topological polar surface area (TPSA) is 55.4 Å². The number of nitrogens with one attached hydrogen (secondary N) is 1. The molecule has 0 bridgehead atoms. The molecule has 6 heteroatoms. The number of halogens is 1. The Balaban J connectivity index is 2.33. The highest BCUT2D eigenvalue weighted by Crippen LogP contribution is 2.20. The molecule has 0 heterocycles. The number of hydrogen-bond donors (Lipinski definition) is 1. The van der Waals surface area contributed by atoms with Crippen molar-refractivity contribution in [1.82, 2.24) is 5.32 Å². The average molecular weight is 318 g/mol. The fraction of sp³-hybridized carbons (Fsp3) is 0.273. The lowest BCUT2D eigenvalue weighted by atomic mass is 10.4. The molecule has 1 N–H and O–H groups in total. The van der Waals surface area contributed by atoms with Crippen molar-refractivity contribution in [1.29, 1.82) is 0 Å². The van der Waals surface area contributed by atoms with Crippen LogP contribution in [-0.2, 0) is 9.53 Å². The molecular formula is C11H12BrNO3S. The van der Waals surface area contributed by atoms with Crippen LogP contribution in [0.2, 0.25) is 0 Å². The molecule has 1 aromatic rings. The van der Waals surface area contributed by atoms with Crippen LogP contribution in [0.1, 0.15) is 6.92 Å². The molecule has 0 aliphatic rings. The minimum Gasteiger partial charge on any atom is -0.450 e. The Bertz CT molecular complexity index is 394. The van der Waals surface area contributed by atoms with Crippen LogP contribution in [0, 0.1) is 0 Å². The molecule has 0 saturated carbocycles. The molecule has 1 rings (SSSR count). The third-order valence-electron chi connectivity index (χ3n) is 1.70. The summed E-state index contributed by atoms with van der Waals surface area (Å²) in [6.07, 6.45) is -0.700. The van der Waals surface area contributed by atoms with E-state index in [1.807, 2.05) is 24.3 Å². The van der Waals surface area contributed by atoms with E-state index in [1.165, 1.54) is 11.8 Å². The predicted molar refractivity (Wildman–Crippen MR) is 70.0 cm³/mol. The maximum absolute atomic E-state index is 11.3. The normalized spacial score (nSPS) is 9.76. The lowest BCUT2D eigenvalue weighted by Gasteiger charge is -2.04. The number of carbonyl (C=O) groups excluding carboxylic acids is 2. The monoisotopic (exact) mass is 317 g/mol. The number of alkyl carbamates (subject to hydrolysis) is 1. The van der Waals surface area contributed by atoms with Crippen LogP contribution in [-0.4, -0.2) is 24.4 Å². The summed E-state index contributed by atoms with van der Waals surface area (Å²) >= 11 is 4.68. The molecule has 0 radical (unpaired) electrons. The van der Waals surface area contributed by atoms with E-state index >= 15 is 0 Å². The fourth-order valence-corrected chi connectivity index (χ4v) is 1.96. The Morgan fingerprint density at radius 1 is 1.35 bits per heavy atom. The largest absolute Gasteiger partial charge is 0.450 e. The van der Waals surface area contributed by atoms with E-state index < -0.39 is 6.09 Å². The van der Waals surface area contributed by atoms with E-state index in [0.717, 1.165) is 9.37 Å². The van der Waals surface area contributed by atoms with Crippen molar-refractivity contribution in [3.05, 3.63) is 28.7 Å². The molecule has 1 aromatic carbocycles. The van der Waals surface area contributed by atoms with Gasteiger partial charge >= 0.3 is 6.09 Å². The zero-order valence-electron chi connectivity index (χ0n) is 9.23. The Labute approximate surface area is 112 Å². The lowest BCUT2D eigenvalue weighted by Crippen LogP contribution is -2.32. The molecule has 92 valence electrons.